The fourth-order valence-electron chi connectivity index (χ4n) is 1.05. The molecule has 0 N–H and O–H groups in total. The van der Waals surface area contributed by atoms with E-state index in [4.69, 9.17) is 5.26 Å². The first-order valence-electron chi connectivity index (χ1n) is 5.26. The smallest absolute Gasteiger partial charge is 0.0908 e. The molecule has 0 saturated carbocycles. The van der Waals surface area contributed by atoms with Crippen molar-refractivity contribution < 1.29 is 0 Å². The molecule has 0 aromatic rings. The molecule has 1 nitrogen and oxygen atoms in total. The lowest BCUT2D eigenvalue weighted by atomic mass is 10.2. The second-order valence-electron chi connectivity index (χ2n) is 3.05. The van der Waals surface area contributed by atoms with Crippen LogP contribution in [0.1, 0.15) is 39.0 Å². The normalized spacial score (nSPS) is 11.7. The Balaban J connectivity index is 3.24. The van der Waals surface area contributed by atoms with Gasteiger partial charge in [-0.3, -0.25) is 0 Å². The van der Waals surface area contributed by atoms with Gasteiger partial charge in [0.05, 0.1) is 6.07 Å². The van der Waals surface area contributed by atoms with Gasteiger partial charge in [0.15, 0.2) is 0 Å². The van der Waals surface area contributed by atoms with Crippen LogP contribution in [0, 0.1) is 11.3 Å². The number of nitriles is 1. The van der Waals surface area contributed by atoms with E-state index in [9.17, 15) is 0 Å². The van der Waals surface area contributed by atoms with Gasteiger partial charge in [-0.1, -0.05) is 37.3 Å². The van der Waals surface area contributed by atoms with E-state index in [0.717, 1.165) is 19.3 Å². The molecule has 0 radical (unpaired) electrons. The molecule has 0 aliphatic heterocycles. The molecule has 0 rings (SSSR count). The minimum absolute atomic E-state index is 0.873. The van der Waals surface area contributed by atoms with Crippen molar-refractivity contribution in [1.82, 2.24) is 0 Å². The van der Waals surface area contributed by atoms with Crippen LogP contribution in [-0.2, 0) is 0 Å². The molecule has 0 fully saturated rings. The van der Waals surface area contributed by atoms with Crippen molar-refractivity contribution in [2.75, 3.05) is 0 Å². The number of hydrogen-bond donors (Lipinski definition) is 0. The predicted molar refractivity (Wildman–Crippen MR) is 61.8 cm³/mol. The molecule has 0 atom stereocenters. The van der Waals surface area contributed by atoms with E-state index in [2.05, 4.69) is 31.2 Å². The van der Waals surface area contributed by atoms with E-state index in [0.29, 0.717) is 0 Å². The Morgan fingerprint density at radius 3 is 2.36 bits per heavy atom. The first-order chi connectivity index (χ1) is 6.91. The summed E-state index contributed by atoms with van der Waals surface area (Å²) in [4.78, 5) is 0. The SMILES string of the molecule is CC/C=C/CCC/C=C/C/C=C/C#N. The van der Waals surface area contributed by atoms with E-state index in [-0.39, 0.29) is 0 Å². The Hall–Kier alpha value is -1.29. The fraction of sp³-hybridized carbons (Fsp3) is 0.462. The van der Waals surface area contributed by atoms with Gasteiger partial charge < -0.3 is 0 Å². The quantitative estimate of drug-likeness (QED) is 0.335. The molecule has 0 amide bonds. The third-order valence-corrected chi connectivity index (χ3v) is 1.78. The molecule has 0 heterocycles. The zero-order valence-electron chi connectivity index (χ0n) is 8.95. The molecule has 0 spiro atoms. The minimum atomic E-state index is 0.873. The molecule has 76 valence electrons. The third-order valence-electron chi connectivity index (χ3n) is 1.78. The summed E-state index contributed by atoms with van der Waals surface area (Å²) in [5, 5.41) is 8.22. The lowest BCUT2D eigenvalue weighted by molar-refractivity contribution is 0.863. The topological polar surface area (TPSA) is 23.8 Å². The average molecular weight is 189 g/mol. The summed E-state index contributed by atoms with van der Waals surface area (Å²) in [6.45, 7) is 2.15. The molecule has 14 heavy (non-hydrogen) atoms. The Labute approximate surface area is 87.4 Å². The van der Waals surface area contributed by atoms with Crippen molar-refractivity contribution in [2.45, 2.75) is 39.0 Å². The van der Waals surface area contributed by atoms with Crippen molar-refractivity contribution in [2.24, 2.45) is 0 Å². The highest BCUT2D eigenvalue weighted by atomic mass is 14.2. The van der Waals surface area contributed by atoms with Crippen LogP contribution in [0.2, 0.25) is 0 Å². The molecule has 0 aliphatic rings. The summed E-state index contributed by atoms with van der Waals surface area (Å²) < 4.78 is 0. The molecule has 0 bridgehead atoms. The van der Waals surface area contributed by atoms with Gasteiger partial charge in [0.2, 0.25) is 0 Å². The van der Waals surface area contributed by atoms with Gasteiger partial charge in [-0.25, -0.2) is 0 Å². The summed E-state index contributed by atoms with van der Waals surface area (Å²) >= 11 is 0. The number of nitrogens with zero attached hydrogens (tertiary/aromatic N) is 1. The van der Waals surface area contributed by atoms with Gasteiger partial charge in [-0.2, -0.15) is 5.26 Å². The molecule has 0 aromatic carbocycles. The Morgan fingerprint density at radius 2 is 1.71 bits per heavy atom. The Kier molecular flexibility index (Phi) is 10.6. The van der Waals surface area contributed by atoms with E-state index in [1.165, 1.54) is 18.9 Å². The summed E-state index contributed by atoms with van der Waals surface area (Å²) in [7, 11) is 0. The largest absolute Gasteiger partial charge is 0.193 e. The van der Waals surface area contributed by atoms with Crippen LogP contribution in [-0.4, -0.2) is 0 Å². The third kappa shape index (κ3) is 10.7. The molecule has 0 aliphatic carbocycles. The van der Waals surface area contributed by atoms with Crippen LogP contribution < -0.4 is 0 Å². The van der Waals surface area contributed by atoms with Gasteiger partial charge in [-0.05, 0) is 32.1 Å². The lowest BCUT2D eigenvalue weighted by Crippen LogP contribution is -1.69. The first-order valence-corrected chi connectivity index (χ1v) is 5.26. The molecular formula is C13H19N. The van der Waals surface area contributed by atoms with E-state index < -0.39 is 0 Å². The summed E-state index contributed by atoms with van der Waals surface area (Å²) in [5.74, 6) is 0. The lowest BCUT2D eigenvalue weighted by Gasteiger charge is -1.89. The second-order valence-corrected chi connectivity index (χ2v) is 3.05. The molecule has 0 saturated heterocycles. The van der Waals surface area contributed by atoms with Crippen LogP contribution in [0.25, 0.3) is 0 Å². The van der Waals surface area contributed by atoms with Crippen molar-refractivity contribution in [3.05, 3.63) is 36.5 Å². The monoisotopic (exact) mass is 189 g/mol. The number of allylic oxidation sites excluding steroid dienone is 6. The van der Waals surface area contributed by atoms with Crippen LogP contribution in [0.4, 0.5) is 0 Å². The zero-order chi connectivity index (χ0) is 10.5. The standard InChI is InChI=1S/C13H19N/c1-2-3-4-5-6-7-8-9-10-11-12-13-14/h3-4,8-9,11-12H,2,5-7,10H2,1H3/b4-3+,9-8+,12-11+. The Morgan fingerprint density at radius 1 is 1.00 bits per heavy atom. The van der Waals surface area contributed by atoms with Gasteiger partial charge >= 0.3 is 0 Å². The molecule has 0 unspecified atom stereocenters. The van der Waals surface area contributed by atoms with Crippen molar-refractivity contribution in [1.29, 1.82) is 5.26 Å². The van der Waals surface area contributed by atoms with E-state index >= 15 is 0 Å². The van der Waals surface area contributed by atoms with Crippen molar-refractivity contribution in [3.63, 3.8) is 0 Å². The maximum absolute atomic E-state index is 8.22. The van der Waals surface area contributed by atoms with Gasteiger partial charge in [-0.15, -0.1) is 0 Å². The Bertz CT molecular complexity index is 228. The molecule has 1 heteroatoms. The average Bonchev–Trinajstić information content (AvgIpc) is 2.21. The summed E-state index contributed by atoms with van der Waals surface area (Å²) in [6, 6.07) is 1.97. The molecular weight excluding hydrogens is 170 g/mol. The summed E-state index contributed by atoms with van der Waals surface area (Å²) in [6.07, 6.45) is 17.7. The van der Waals surface area contributed by atoms with Crippen molar-refractivity contribution >= 4 is 0 Å². The maximum Gasteiger partial charge on any atom is 0.0908 e. The highest BCUT2D eigenvalue weighted by molar-refractivity contribution is 5.04. The van der Waals surface area contributed by atoms with Gasteiger partial charge in [0, 0.05) is 6.08 Å². The minimum Gasteiger partial charge on any atom is -0.193 e. The second kappa shape index (κ2) is 11.7. The van der Waals surface area contributed by atoms with Gasteiger partial charge in [0.25, 0.3) is 0 Å². The fourth-order valence-corrected chi connectivity index (χ4v) is 1.05. The van der Waals surface area contributed by atoms with Crippen LogP contribution in [0.15, 0.2) is 36.5 Å². The zero-order valence-corrected chi connectivity index (χ0v) is 8.95. The van der Waals surface area contributed by atoms with Crippen molar-refractivity contribution in [3.8, 4) is 6.07 Å². The summed E-state index contributed by atoms with van der Waals surface area (Å²) in [5.41, 5.74) is 0. The predicted octanol–water partition coefficient (Wildman–Crippen LogP) is 4.15. The number of hydrogen-bond acceptors (Lipinski definition) is 1. The molecule has 0 aromatic heterocycles. The highest BCUT2D eigenvalue weighted by Crippen LogP contribution is 1.99. The van der Waals surface area contributed by atoms with E-state index in [1.54, 1.807) is 0 Å². The van der Waals surface area contributed by atoms with Crippen LogP contribution >= 0.6 is 0 Å². The van der Waals surface area contributed by atoms with E-state index in [1.807, 2.05) is 12.1 Å². The number of unbranched alkanes of at least 4 members (excludes halogenated alkanes) is 2. The van der Waals surface area contributed by atoms with Crippen LogP contribution in [0.3, 0.4) is 0 Å². The maximum atomic E-state index is 8.22. The highest BCUT2D eigenvalue weighted by Gasteiger charge is 1.79. The number of rotatable bonds is 7. The first kappa shape index (κ1) is 12.7. The van der Waals surface area contributed by atoms with Crippen LogP contribution in [0.5, 0.6) is 0 Å². The van der Waals surface area contributed by atoms with Gasteiger partial charge in [0.1, 0.15) is 0 Å².